The minimum absolute atomic E-state index is 0.239. The Morgan fingerprint density at radius 2 is 1.61 bits per heavy atom. The number of carbonyl (C=O) groups excluding carboxylic acids is 3. The first-order valence-corrected chi connectivity index (χ1v) is 7.09. The maximum absolute atomic E-state index is 11.6. The molecule has 0 saturated heterocycles. The topological polar surface area (TPSA) is 123 Å². The molecule has 0 aliphatic rings. The molecule has 0 aliphatic heterocycles. The number of nitrogens with one attached hydrogen (secondary N) is 3. The van der Waals surface area contributed by atoms with E-state index in [1.54, 1.807) is 32.9 Å². The molecule has 0 fully saturated rings. The van der Waals surface area contributed by atoms with E-state index in [-0.39, 0.29) is 13.1 Å². The fourth-order valence-electron chi connectivity index (χ4n) is 1.55. The van der Waals surface area contributed by atoms with Crippen LogP contribution < -0.4 is 21.7 Å². The van der Waals surface area contributed by atoms with Crippen LogP contribution in [0.5, 0.6) is 0 Å². The van der Waals surface area contributed by atoms with Crippen LogP contribution >= 0.6 is 0 Å². The molecular formula is C15H22N4O4. The van der Waals surface area contributed by atoms with Gasteiger partial charge >= 0.3 is 12.1 Å². The molecule has 1 aromatic rings. The van der Waals surface area contributed by atoms with Crippen molar-refractivity contribution >= 4 is 23.7 Å². The quantitative estimate of drug-likeness (QED) is 0.612. The van der Waals surface area contributed by atoms with Crippen LogP contribution in [-0.2, 0) is 4.74 Å². The molecule has 0 saturated carbocycles. The Bertz CT molecular complexity index is 564. The summed E-state index contributed by atoms with van der Waals surface area (Å²) < 4.78 is 5.05. The fraction of sp³-hybridized carbons (Fsp3) is 0.400. The molecule has 0 radical (unpaired) electrons. The number of nitrogens with two attached hydrogens (primary N) is 1. The summed E-state index contributed by atoms with van der Waals surface area (Å²) in [4.78, 5) is 34.0. The number of primary amides is 1. The summed E-state index contributed by atoms with van der Waals surface area (Å²) in [5, 5.41) is 7.69. The van der Waals surface area contributed by atoms with Gasteiger partial charge in [-0.05, 0) is 45.0 Å². The van der Waals surface area contributed by atoms with Gasteiger partial charge in [0, 0.05) is 24.3 Å². The number of alkyl carbamates (subject to hydrolysis) is 1. The Balaban J connectivity index is 2.27. The van der Waals surface area contributed by atoms with Gasteiger partial charge in [0.25, 0.3) is 0 Å². The van der Waals surface area contributed by atoms with Gasteiger partial charge in [-0.15, -0.1) is 0 Å². The number of ether oxygens (including phenoxy) is 1. The molecule has 1 rings (SSSR count). The third-order valence-electron chi connectivity index (χ3n) is 2.51. The summed E-state index contributed by atoms with van der Waals surface area (Å²) >= 11 is 0. The lowest BCUT2D eigenvalue weighted by molar-refractivity contribution is 0.0528. The van der Waals surface area contributed by atoms with Gasteiger partial charge in [0.05, 0.1) is 0 Å². The van der Waals surface area contributed by atoms with Crippen molar-refractivity contribution in [1.82, 2.24) is 10.6 Å². The van der Waals surface area contributed by atoms with Crippen LogP contribution in [0.4, 0.5) is 15.3 Å². The lowest BCUT2D eigenvalue weighted by Gasteiger charge is -2.19. The molecule has 0 atom stereocenters. The fourth-order valence-corrected chi connectivity index (χ4v) is 1.55. The van der Waals surface area contributed by atoms with E-state index in [9.17, 15) is 14.4 Å². The van der Waals surface area contributed by atoms with E-state index < -0.39 is 23.6 Å². The zero-order valence-corrected chi connectivity index (χ0v) is 13.4. The highest BCUT2D eigenvalue weighted by molar-refractivity contribution is 5.94. The van der Waals surface area contributed by atoms with Crippen molar-refractivity contribution in [3.05, 3.63) is 29.8 Å². The molecule has 1 aromatic carbocycles. The lowest BCUT2D eigenvalue weighted by Crippen LogP contribution is -2.39. The number of urea groups is 1. The Morgan fingerprint density at radius 1 is 1.04 bits per heavy atom. The summed E-state index contributed by atoms with van der Waals surface area (Å²) in [7, 11) is 0. The lowest BCUT2D eigenvalue weighted by atomic mass is 10.2. The number of amides is 4. The van der Waals surface area contributed by atoms with Crippen molar-refractivity contribution in [2.75, 3.05) is 18.4 Å². The number of rotatable bonds is 5. The smallest absolute Gasteiger partial charge is 0.407 e. The van der Waals surface area contributed by atoms with Gasteiger partial charge in [-0.1, -0.05) is 0 Å². The number of hydrogen-bond donors (Lipinski definition) is 4. The average molecular weight is 322 g/mol. The van der Waals surface area contributed by atoms with E-state index in [1.807, 2.05) is 0 Å². The molecule has 0 aliphatic carbocycles. The van der Waals surface area contributed by atoms with Gasteiger partial charge in [-0.3, -0.25) is 4.79 Å². The first-order chi connectivity index (χ1) is 10.7. The zero-order chi connectivity index (χ0) is 17.5. The van der Waals surface area contributed by atoms with Crippen molar-refractivity contribution in [2.45, 2.75) is 26.4 Å². The van der Waals surface area contributed by atoms with Crippen molar-refractivity contribution < 1.29 is 19.1 Å². The third kappa shape index (κ3) is 7.70. The highest BCUT2D eigenvalue weighted by atomic mass is 16.6. The predicted molar refractivity (Wildman–Crippen MR) is 86.2 cm³/mol. The second kappa shape index (κ2) is 8.02. The van der Waals surface area contributed by atoms with Crippen molar-refractivity contribution in [2.24, 2.45) is 5.73 Å². The maximum Gasteiger partial charge on any atom is 0.407 e. The molecule has 0 unspecified atom stereocenters. The zero-order valence-electron chi connectivity index (χ0n) is 13.4. The number of hydrogen-bond acceptors (Lipinski definition) is 4. The molecule has 8 heteroatoms. The standard InChI is InChI=1S/C15H22N4O4/c1-15(2,3)23-14(22)18-9-8-17-13(21)19-11-6-4-10(5-7-11)12(16)20/h4-7H,8-9H2,1-3H3,(H2,16,20)(H,18,22)(H2,17,19,21). The van der Waals surface area contributed by atoms with Gasteiger partial charge in [0.15, 0.2) is 0 Å². The second-order valence-electron chi connectivity index (χ2n) is 5.75. The number of benzene rings is 1. The van der Waals surface area contributed by atoms with Crippen LogP contribution in [0, 0.1) is 0 Å². The Kier molecular flexibility index (Phi) is 6.37. The number of carbonyl (C=O) groups is 3. The SMILES string of the molecule is CC(C)(C)OC(=O)NCCNC(=O)Nc1ccc(C(N)=O)cc1. The summed E-state index contributed by atoms with van der Waals surface area (Å²) in [6.45, 7) is 5.78. The highest BCUT2D eigenvalue weighted by Crippen LogP contribution is 2.08. The molecule has 23 heavy (non-hydrogen) atoms. The average Bonchev–Trinajstić information content (AvgIpc) is 2.42. The van der Waals surface area contributed by atoms with E-state index >= 15 is 0 Å². The largest absolute Gasteiger partial charge is 0.444 e. The molecule has 0 heterocycles. The minimum Gasteiger partial charge on any atom is -0.444 e. The summed E-state index contributed by atoms with van der Waals surface area (Å²) in [6, 6.07) is 5.74. The monoisotopic (exact) mass is 322 g/mol. The van der Waals surface area contributed by atoms with Crippen LogP contribution in [0.2, 0.25) is 0 Å². The van der Waals surface area contributed by atoms with Gasteiger partial charge in [-0.2, -0.15) is 0 Å². The number of anilines is 1. The first-order valence-electron chi connectivity index (χ1n) is 7.09. The van der Waals surface area contributed by atoms with E-state index in [0.29, 0.717) is 11.3 Å². The molecule has 126 valence electrons. The normalized spacial score (nSPS) is 10.6. The van der Waals surface area contributed by atoms with Gasteiger partial charge in [0.2, 0.25) is 5.91 Å². The van der Waals surface area contributed by atoms with E-state index in [4.69, 9.17) is 10.5 Å². The molecule has 4 amide bonds. The Hall–Kier alpha value is -2.77. The van der Waals surface area contributed by atoms with Crippen LogP contribution in [0.15, 0.2) is 24.3 Å². The van der Waals surface area contributed by atoms with Crippen molar-refractivity contribution in [3.8, 4) is 0 Å². The maximum atomic E-state index is 11.6. The minimum atomic E-state index is -0.564. The molecule has 0 bridgehead atoms. The predicted octanol–water partition coefficient (Wildman–Crippen LogP) is 1.43. The summed E-state index contributed by atoms with van der Waals surface area (Å²) in [6.07, 6.45) is -0.540. The van der Waals surface area contributed by atoms with Crippen LogP contribution in [0.25, 0.3) is 0 Å². The second-order valence-corrected chi connectivity index (χ2v) is 5.75. The molecular weight excluding hydrogens is 300 g/mol. The Morgan fingerprint density at radius 3 is 2.13 bits per heavy atom. The third-order valence-corrected chi connectivity index (χ3v) is 2.51. The van der Waals surface area contributed by atoms with Gasteiger partial charge in [0.1, 0.15) is 5.60 Å². The van der Waals surface area contributed by atoms with Crippen molar-refractivity contribution in [1.29, 1.82) is 0 Å². The van der Waals surface area contributed by atoms with Crippen molar-refractivity contribution in [3.63, 3.8) is 0 Å². The molecule has 0 aromatic heterocycles. The highest BCUT2D eigenvalue weighted by Gasteiger charge is 2.15. The van der Waals surface area contributed by atoms with Gasteiger partial charge < -0.3 is 26.4 Å². The first kappa shape index (κ1) is 18.3. The summed E-state index contributed by atoms with van der Waals surface area (Å²) in [5.41, 5.74) is 5.44. The molecule has 8 nitrogen and oxygen atoms in total. The molecule has 5 N–H and O–H groups in total. The van der Waals surface area contributed by atoms with E-state index in [1.165, 1.54) is 12.1 Å². The van der Waals surface area contributed by atoms with E-state index in [0.717, 1.165) is 0 Å². The van der Waals surface area contributed by atoms with Crippen LogP contribution in [-0.4, -0.2) is 36.7 Å². The molecule has 0 spiro atoms. The Labute approximate surface area is 134 Å². The summed E-state index contributed by atoms with van der Waals surface area (Å²) in [5.74, 6) is -0.533. The van der Waals surface area contributed by atoms with Crippen LogP contribution in [0.1, 0.15) is 31.1 Å². The van der Waals surface area contributed by atoms with Gasteiger partial charge in [-0.25, -0.2) is 9.59 Å². The van der Waals surface area contributed by atoms with Crippen LogP contribution in [0.3, 0.4) is 0 Å². The van der Waals surface area contributed by atoms with E-state index in [2.05, 4.69) is 16.0 Å².